The van der Waals surface area contributed by atoms with Gasteiger partial charge < -0.3 is 14.8 Å². The fraction of sp³-hybridized carbons (Fsp3) is 0.435. The molecule has 1 amide bonds. The molecular formula is C23H30BrNO3. The molecule has 0 fully saturated rings. The highest BCUT2D eigenvalue weighted by molar-refractivity contribution is 9.10. The molecule has 0 aliphatic carbocycles. The Balaban J connectivity index is 1.86. The summed E-state index contributed by atoms with van der Waals surface area (Å²) in [5.74, 6) is 1.38. The molecule has 2 rings (SSSR count). The van der Waals surface area contributed by atoms with E-state index >= 15 is 0 Å². The number of halogens is 1. The van der Waals surface area contributed by atoms with Crippen molar-refractivity contribution in [3.05, 3.63) is 52.0 Å². The topological polar surface area (TPSA) is 47.6 Å². The number of aryl methyl sites for hydroxylation is 2. The number of hydrogen-bond acceptors (Lipinski definition) is 3. The third-order valence-electron chi connectivity index (χ3n) is 4.48. The number of amides is 1. The molecule has 0 aromatic heterocycles. The van der Waals surface area contributed by atoms with E-state index < -0.39 is 6.10 Å². The molecule has 0 aliphatic heterocycles. The Kier molecular flexibility index (Phi) is 8.84. The van der Waals surface area contributed by atoms with Gasteiger partial charge in [-0.1, -0.05) is 42.1 Å². The lowest BCUT2D eigenvalue weighted by molar-refractivity contribution is -0.122. The highest BCUT2D eigenvalue weighted by Crippen LogP contribution is 2.28. The maximum atomic E-state index is 12.5. The minimum atomic E-state index is -0.604. The molecule has 0 bridgehead atoms. The number of nitrogens with one attached hydrogen (secondary N) is 1. The quantitative estimate of drug-likeness (QED) is 0.426. The summed E-state index contributed by atoms with van der Waals surface area (Å²) in [5.41, 5.74) is 2.71. The predicted molar refractivity (Wildman–Crippen MR) is 118 cm³/mol. The van der Waals surface area contributed by atoms with Gasteiger partial charge in [0, 0.05) is 10.2 Å². The number of ether oxygens (including phenoxy) is 2. The zero-order valence-corrected chi connectivity index (χ0v) is 18.8. The van der Waals surface area contributed by atoms with Gasteiger partial charge >= 0.3 is 0 Å². The molecule has 5 heteroatoms. The van der Waals surface area contributed by atoms with Crippen molar-refractivity contribution < 1.29 is 14.3 Å². The average molecular weight is 448 g/mol. The van der Waals surface area contributed by atoms with Crippen LogP contribution in [0.15, 0.2) is 40.9 Å². The number of anilines is 1. The maximum Gasteiger partial charge on any atom is 0.265 e. The second kappa shape index (κ2) is 11.1. The number of rotatable bonds is 10. The van der Waals surface area contributed by atoms with Gasteiger partial charge in [-0.3, -0.25) is 4.79 Å². The van der Waals surface area contributed by atoms with Crippen molar-refractivity contribution in [2.75, 3.05) is 11.9 Å². The van der Waals surface area contributed by atoms with Gasteiger partial charge in [-0.15, -0.1) is 0 Å². The van der Waals surface area contributed by atoms with Gasteiger partial charge in [0.05, 0.1) is 6.61 Å². The summed E-state index contributed by atoms with van der Waals surface area (Å²) < 4.78 is 12.6. The van der Waals surface area contributed by atoms with E-state index in [2.05, 4.69) is 28.2 Å². The molecule has 2 aromatic rings. The van der Waals surface area contributed by atoms with Gasteiger partial charge in [0.25, 0.3) is 5.91 Å². The largest absolute Gasteiger partial charge is 0.494 e. The molecule has 1 N–H and O–H groups in total. The maximum absolute atomic E-state index is 12.5. The standard InChI is InChI=1S/C23H30BrNO3/c1-5-6-7-8-13-27-21-11-9-20(10-12-21)25-23(26)18(4)28-22-16(2)14-19(24)15-17(22)3/h9-12,14-15,18H,5-8,13H2,1-4H3,(H,25,26). The number of carbonyl (C=O) groups is 1. The van der Waals surface area contributed by atoms with Gasteiger partial charge in [0.2, 0.25) is 0 Å². The third kappa shape index (κ3) is 6.86. The normalized spacial score (nSPS) is 11.8. The van der Waals surface area contributed by atoms with Crippen LogP contribution in [0.3, 0.4) is 0 Å². The van der Waals surface area contributed by atoms with Gasteiger partial charge in [-0.05, 0) is 74.7 Å². The summed E-state index contributed by atoms with van der Waals surface area (Å²) >= 11 is 3.47. The third-order valence-corrected chi connectivity index (χ3v) is 4.94. The van der Waals surface area contributed by atoms with Crippen molar-refractivity contribution in [2.45, 2.75) is 59.5 Å². The summed E-state index contributed by atoms with van der Waals surface area (Å²) in [5, 5.41) is 2.89. The van der Waals surface area contributed by atoms with Crippen LogP contribution in [0.5, 0.6) is 11.5 Å². The average Bonchev–Trinajstić information content (AvgIpc) is 2.65. The molecule has 0 aliphatic rings. The van der Waals surface area contributed by atoms with Crippen LogP contribution in [0.2, 0.25) is 0 Å². The van der Waals surface area contributed by atoms with Crippen LogP contribution in [-0.2, 0) is 4.79 Å². The van der Waals surface area contributed by atoms with Gasteiger partial charge in [-0.2, -0.15) is 0 Å². The highest BCUT2D eigenvalue weighted by Gasteiger charge is 2.17. The van der Waals surface area contributed by atoms with Crippen LogP contribution in [-0.4, -0.2) is 18.6 Å². The molecule has 1 atom stereocenters. The molecule has 2 aromatic carbocycles. The van der Waals surface area contributed by atoms with Crippen molar-refractivity contribution in [1.29, 1.82) is 0 Å². The van der Waals surface area contributed by atoms with Crippen molar-refractivity contribution in [1.82, 2.24) is 0 Å². The first kappa shape index (κ1) is 22.3. The molecule has 0 spiro atoms. The van der Waals surface area contributed by atoms with Crippen LogP contribution in [0.25, 0.3) is 0 Å². The van der Waals surface area contributed by atoms with E-state index in [1.54, 1.807) is 6.92 Å². The Morgan fingerprint density at radius 2 is 1.71 bits per heavy atom. The highest BCUT2D eigenvalue weighted by atomic mass is 79.9. The molecule has 0 heterocycles. The van der Waals surface area contributed by atoms with E-state index in [1.807, 2.05) is 50.2 Å². The van der Waals surface area contributed by atoms with Crippen molar-refractivity contribution in [3.8, 4) is 11.5 Å². The molecule has 28 heavy (non-hydrogen) atoms. The first-order valence-corrected chi connectivity index (χ1v) is 10.7. The second-order valence-corrected chi connectivity index (χ2v) is 7.97. The monoisotopic (exact) mass is 447 g/mol. The van der Waals surface area contributed by atoms with Crippen LogP contribution >= 0.6 is 15.9 Å². The van der Waals surface area contributed by atoms with E-state index in [4.69, 9.17) is 9.47 Å². The summed E-state index contributed by atoms with van der Waals surface area (Å²) in [7, 11) is 0. The summed E-state index contributed by atoms with van der Waals surface area (Å²) in [6.07, 6.45) is 4.12. The lowest BCUT2D eigenvalue weighted by Gasteiger charge is -2.18. The zero-order valence-electron chi connectivity index (χ0n) is 17.2. The molecular weight excluding hydrogens is 418 g/mol. The fourth-order valence-electron chi connectivity index (χ4n) is 2.91. The lowest BCUT2D eigenvalue weighted by atomic mass is 10.1. The SMILES string of the molecule is CCCCCCOc1ccc(NC(=O)C(C)Oc2c(C)cc(Br)cc2C)cc1. The number of carbonyl (C=O) groups excluding carboxylic acids is 1. The Hall–Kier alpha value is -2.01. The zero-order chi connectivity index (χ0) is 20.5. The smallest absolute Gasteiger partial charge is 0.265 e. The van der Waals surface area contributed by atoms with E-state index in [-0.39, 0.29) is 5.91 Å². The summed E-state index contributed by atoms with van der Waals surface area (Å²) in [6.45, 7) is 8.62. The fourth-order valence-corrected chi connectivity index (χ4v) is 3.60. The van der Waals surface area contributed by atoms with Gasteiger partial charge in [-0.25, -0.2) is 0 Å². The van der Waals surface area contributed by atoms with Crippen LogP contribution in [0.1, 0.15) is 50.7 Å². The lowest BCUT2D eigenvalue weighted by Crippen LogP contribution is -2.30. The number of benzene rings is 2. The number of hydrogen-bond donors (Lipinski definition) is 1. The van der Waals surface area contributed by atoms with Crippen molar-refractivity contribution >= 4 is 27.5 Å². The van der Waals surface area contributed by atoms with E-state index in [9.17, 15) is 4.79 Å². The van der Waals surface area contributed by atoms with Crippen molar-refractivity contribution in [3.63, 3.8) is 0 Å². The van der Waals surface area contributed by atoms with Crippen LogP contribution in [0, 0.1) is 13.8 Å². The molecule has 1 unspecified atom stereocenters. The Bertz CT molecular complexity index is 751. The molecule has 0 radical (unpaired) electrons. The van der Waals surface area contributed by atoms with E-state index in [1.165, 1.54) is 19.3 Å². The minimum absolute atomic E-state index is 0.185. The second-order valence-electron chi connectivity index (χ2n) is 7.05. The Labute approximate surface area is 176 Å². The van der Waals surface area contributed by atoms with E-state index in [0.717, 1.165) is 45.8 Å². The molecule has 0 saturated heterocycles. The van der Waals surface area contributed by atoms with E-state index in [0.29, 0.717) is 0 Å². The molecule has 0 saturated carbocycles. The van der Waals surface area contributed by atoms with Gasteiger partial charge in [0.15, 0.2) is 6.10 Å². The summed E-state index contributed by atoms with van der Waals surface area (Å²) in [4.78, 5) is 12.5. The minimum Gasteiger partial charge on any atom is -0.494 e. The first-order valence-electron chi connectivity index (χ1n) is 9.87. The number of unbranched alkanes of at least 4 members (excludes halogenated alkanes) is 3. The Morgan fingerprint density at radius 1 is 1.07 bits per heavy atom. The Morgan fingerprint density at radius 3 is 2.32 bits per heavy atom. The predicted octanol–water partition coefficient (Wildman–Crippen LogP) is 6.43. The molecule has 4 nitrogen and oxygen atoms in total. The summed E-state index contributed by atoms with van der Waals surface area (Å²) in [6, 6.07) is 11.4. The van der Waals surface area contributed by atoms with Crippen LogP contribution < -0.4 is 14.8 Å². The van der Waals surface area contributed by atoms with Crippen molar-refractivity contribution in [2.24, 2.45) is 0 Å². The first-order chi connectivity index (χ1) is 13.4. The van der Waals surface area contributed by atoms with Crippen LogP contribution in [0.4, 0.5) is 5.69 Å². The molecule has 152 valence electrons. The van der Waals surface area contributed by atoms with Gasteiger partial charge in [0.1, 0.15) is 11.5 Å².